The number of carbonyl (C=O) groups excluding carboxylic acids is 1. The van der Waals surface area contributed by atoms with Gasteiger partial charge >= 0.3 is 5.97 Å². The van der Waals surface area contributed by atoms with Crippen molar-refractivity contribution in [2.45, 2.75) is 25.8 Å². The number of nitrogens with two attached hydrogens (primary N) is 1. The Balaban J connectivity index is 0.00000289. The molecule has 1 aromatic rings. The first-order valence-electron chi connectivity index (χ1n) is 5.42. The van der Waals surface area contributed by atoms with Crippen molar-refractivity contribution in [3.05, 3.63) is 23.8 Å². The number of benzene rings is 1. The highest BCUT2D eigenvalue weighted by Crippen LogP contribution is 2.29. The van der Waals surface area contributed by atoms with Crippen LogP contribution in [-0.2, 0) is 4.79 Å². The first-order chi connectivity index (χ1) is 8.04. The van der Waals surface area contributed by atoms with Gasteiger partial charge in [0.15, 0.2) is 11.5 Å². The van der Waals surface area contributed by atoms with Gasteiger partial charge in [0, 0.05) is 19.6 Å². The van der Waals surface area contributed by atoms with Gasteiger partial charge in [0.25, 0.3) is 0 Å². The summed E-state index contributed by atoms with van der Waals surface area (Å²) >= 11 is 0. The zero-order chi connectivity index (χ0) is 12.8. The number of hydrogen-bond donors (Lipinski definition) is 3. The van der Waals surface area contributed by atoms with Crippen molar-refractivity contribution < 1.29 is 19.7 Å². The van der Waals surface area contributed by atoms with Crippen LogP contribution >= 0.6 is 12.4 Å². The van der Waals surface area contributed by atoms with Crippen molar-refractivity contribution in [3.63, 3.8) is 0 Å². The minimum absolute atomic E-state index is 0. The number of rotatable bonds is 5. The van der Waals surface area contributed by atoms with Crippen LogP contribution in [0.3, 0.4) is 0 Å². The molecule has 4 N–H and O–H groups in total. The second-order valence-corrected chi connectivity index (χ2v) is 3.79. The molecule has 0 fully saturated rings. The van der Waals surface area contributed by atoms with Gasteiger partial charge in [-0.1, -0.05) is 6.07 Å². The molecule has 102 valence electrons. The van der Waals surface area contributed by atoms with Crippen molar-refractivity contribution >= 4 is 18.4 Å². The van der Waals surface area contributed by atoms with Crippen LogP contribution in [0.25, 0.3) is 0 Å². The number of esters is 1. The smallest absolute Gasteiger partial charge is 0.308 e. The topological polar surface area (TPSA) is 92.8 Å². The largest absolute Gasteiger partial charge is 0.504 e. The molecule has 0 bridgehead atoms. The van der Waals surface area contributed by atoms with Crippen LogP contribution in [-0.4, -0.2) is 22.8 Å². The van der Waals surface area contributed by atoms with E-state index >= 15 is 0 Å². The molecule has 0 radical (unpaired) electrons. The molecule has 0 saturated heterocycles. The van der Waals surface area contributed by atoms with E-state index in [4.69, 9.17) is 15.6 Å². The SMILES string of the molecule is CC(=O)Oc1ccc([C@H](N)CCCO)cc1O.Cl. The highest BCUT2D eigenvalue weighted by atomic mass is 35.5. The Kier molecular flexibility index (Phi) is 7.35. The lowest BCUT2D eigenvalue weighted by molar-refractivity contribution is -0.132. The van der Waals surface area contributed by atoms with Gasteiger partial charge in [-0.15, -0.1) is 12.4 Å². The lowest BCUT2D eigenvalue weighted by Crippen LogP contribution is -2.11. The van der Waals surface area contributed by atoms with Crippen molar-refractivity contribution in [2.24, 2.45) is 5.73 Å². The van der Waals surface area contributed by atoms with Crippen LogP contribution in [0, 0.1) is 0 Å². The van der Waals surface area contributed by atoms with E-state index in [0.717, 1.165) is 5.56 Å². The summed E-state index contributed by atoms with van der Waals surface area (Å²) in [5.74, 6) is -0.481. The molecule has 6 heteroatoms. The van der Waals surface area contributed by atoms with Crippen LogP contribution in [0.1, 0.15) is 31.4 Å². The zero-order valence-corrected chi connectivity index (χ0v) is 10.9. The monoisotopic (exact) mass is 275 g/mol. The number of aliphatic hydroxyl groups is 1. The van der Waals surface area contributed by atoms with Gasteiger partial charge in [-0.2, -0.15) is 0 Å². The van der Waals surface area contributed by atoms with E-state index in [0.29, 0.717) is 12.8 Å². The third-order valence-electron chi connectivity index (χ3n) is 2.34. The van der Waals surface area contributed by atoms with E-state index in [-0.39, 0.29) is 36.6 Å². The summed E-state index contributed by atoms with van der Waals surface area (Å²) in [5.41, 5.74) is 6.61. The van der Waals surface area contributed by atoms with Gasteiger partial charge in [-0.25, -0.2) is 0 Å². The Hall–Kier alpha value is -1.30. The third kappa shape index (κ3) is 4.91. The second kappa shape index (κ2) is 7.92. The summed E-state index contributed by atoms with van der Waals surface area (Å²) < 4.78 is 4.79. The third-order valence-corrected chi connectivity index (χ3v) is 2.34. The van der Waals surface area contributed by atoms with Crippen LogP contribution in [0.5, 0.6) is 11.5 Å². The van der Waals surface area contributed by atoms with Crippen molar-refractivity contribution in [1.29, 1.82) is 0 Å². The molecule has 0 aromatic heterocycles. The molecule has 0 aliphatic heterocycles. The van der Waals surface area contributed by atoms with Crippen LogP contribution in [0.2, 0.25) is 0 Å². The summed E-state index contributed by atoms with van der Waals surface area (Å²) in [4.78, 5) is 10.7. The molecule has 0 aliphatic carbocycles. The van der Waals surface area contributed by atoms with Gasteiger partial charge in [0.05, 0.1) is 0 Å². The summed E-state index contributed by atoms with van der Waals surface area (Å²) in [7, 11) is 0. The first kappa shape index (κ1) is 16.7. The van der Waals surface area contributed by atoms with Gasteiger partial charge in [-0.3, -0.25) is 4.79 Å². The molecule has 18 heavy (non-hydrogen) atoms. The molecule has 0 amide bonds. The lowest BCUT2D eigenvalue weighted by Gasteiger charge is -2.12. The van der Waals surface area contributed by atoms with Gasteiger partial charge in [0.2, 0.25) is 0 Å². The molecule has 1 aromatic carbocycles. The number of hydrogen-bond acceptors (Lipinski definition) is 5. The minimum Gasteiger partial charge on any atom is -0.504 e. The minimum atomic E-state index is -0.488. The van der Waals surface area contributed by atoms with Crippen LogP contribution < -0.4 is 10.5 Å². The number of halogens is 1. The predicted molar refractivity (Wildman–Crippen MR) is 69.9 cm³/mol. The molecule has 0 saturated carbocycles. The fourth-order valence-corrected chi connectivity index (χ4v) is 1.48. The Morgan fingerprint density at radius 2 is 2.17 bits per heavy atom. The first-order valence-corrected chi connectivity index (χ1v) is 5.42. The van der Waals surface area contributed by atoms with Gasteiger partial charge in [-0.05, 0) is 30.5 Å². The quantitative estimate of drug-likeness (QED) is 0.559. The molecular formula is C12H18ClNO4. The van der Waals surface area contributed by atoms with E-state index in [1.807, 2.05) is 0 Å². The van der Waals surface area contributed by atoms with E-state index < -0.39 is 5.97 Å². The summed E-state index contributed by atoms with van der Waals surface area (Å²) in [5, 5.41) is 18.3. The van der Waals surface area contributed by atoms with Crippen molar-refractivity contribution in [2.75, 3.05) is 6.61 Å². The Labute approximate surface area is 112 Å². The van der Waals surface area contributed by atoms with Crippen molar-refractivity contribution in [1.82, 2.24) is 0 Å². The van der Waals surface area contributed by atoms with E-state index in [9.17, 15) is 9.90 Å². The van der Waals surface area contributed by atoms with E-state index in [1.165, 1.54) is 19.1 Å². The number of phenolic OH excluding ortho intramolecular Hbond substituents is 1. The maximum atomic E-state index is 10.7. The van der Waals surface area contributed by atoms with E-state index in [2.05, 4.69) is 0 Å². The fourth-order valence-electron chi connectivity index (χ4n) is 1.48. The van der Waals surface area contributed by atoms with Crippen LogP contribution in [0.4, 0.5) is 0 Å². The average molecular weight is 276 g/mol. The average Bonchev–Trinajstić information content (AvgIpc) is 2.28. The summed E-state index contributed by atoms with van der Waals surface area (Å²) in [6, 6.07) is 4.42. The second-order valence-electron chi connectivity index (χ2n) is 3.79. The standard InChI is InChI=1S/C12H17NO4.ClH/c1-8(15)17-12-5-4-9(7-11(12)16)10(13)3-2-6-14;/h4-5,7,10,14,16H,2-3,6,13H2,1H3;1H/t10-;/m1./s1. The Morgan fingerprint density at radius 3 is 2.67 bits per heavy atom. The maximum Gasteiger partial charge on any atom is 0.308 e. The molecule has 0 heterocycles. The Morgan fingerprint density at radius 1 is 1.50 bits per heavy atom. The Bertz CT molecular complexity index is 398. The fraction of sp³-hybridized carbons (Fsp3) is 0.417. The molecule has 1 rings (SSSR count). The number of carbonyl (C=O) groups is 1. The summed E-state index contributed by atoms with van der Waals surface area (Å²) in [6.45, 7) is 1.35. The number of aliphatic hydroxyl groups excluding tert-OH is 1. The van der Waals surface area contributed by atoms with Crippen molar-refractivity contribution in [3.8, 4) is 11.5 Å². The van der Waals surface area contributed by atoms with E-state index in [1.54, 1.807) is 6.07 Å². The molecule has 0 spiro atoms. The van der Waals surface area contributed by atoms with Crippen LogP contribution in [0.15, 0.2) is 18.2 Å². The number of aromatic hydroxyl groups is 1. The molecule has 0 aliphatic rings. The van der Waals surface area contributed by atoms with Gasteiger partial charge in [0.1, 0.15) is 0 Å². The maximum absolute atomic E-state index is 10.7. The molecule has 1 atom stereocenters. The van der Waals surface area contributed by atoms with Gasteiger partial charge < -0.3 is 20.7 Å². The lowest BCUT2D eigenvalue weighted by atomic mass is 10.0. The highest BCUT2D eigenvalue weighted by Gasteiger charge is 2.10. The number of ether oxygens (including phenoxy) is 1. The highest BCUT2D eigenvalue weighted by molar-refractivity contribution is 5.85. The molecule has 5 nitrogen and oxygen atoms in total. The normalized spacial score (nSPS) is 11.5. The summed E-state index contributed by atoms with van der Waals surface area (Å²) in [6.07, 6.45) is 1.23. The molecular weight excluding hydrogens is 258 g/mol. The molecule has 0 unspecified atom stereocenters. The number of phenols is 1. The zero-order valence-electron chi connectivity index (χ0n) is 10.1. The predicted octanol–water partition coefficient (Wildman–Crippen LogP) is 1.51.